The monoisotopic (exact) mass is 341 g/mol. The lowest BCUT2D eigenvalue weighted by molar-refractivity contribution is -0.112. The minimum Gasteiger partial charge on any atom is -0.494 e. The van der Waals surface area contributed by atoms with Crippen LogP contribution in [0.4, 0.5) is 0 Å². The molecule has 0 unspecified atom stereocenters. The van der Waals surface area contributed by atoms with Gasteiger partial charge in [0, 0.05) is 25.6 Å². The summed E-state index contributed by atoms with van der Waals surface area (Å²) in [6.07, 6.45) is 17.2. The molecule has 0 atom stereocenters. The highest BCUT2D eigenvalue weighted by Crippen LogP contribution is 2.23. The minimum absolute atomic E-state index is 0.0601. The predicted octanol–water partition coefficient (Wildman–Crippen LogP) is 4.74. The number of ether oxygens (including phenoxy) is 1. The number of likely N-dealkylation sites (tertiary alicyclic amines) is 1. The van der Waals surface area contributed by atoms with Crippen LogP contribution in [0.5, 0.6) is 0 Å². The number of hydrogen-bond acceptors (Lipinski definition) is 3. The van der Waals surface area contributed by atoms with Crippen molar-refractivity contribution in [3.8, 4) is 0 Å². The summed E-state index contributed by atoms with van der Waals surface area (Å²) in [5.41, 5.74) is 2.16. The number of rotatable bonds is 6. The summed E-state index contributed by atoms with van der Waals surface area (Å²) in [5, 5.41) is 0. The normalized spacial score (nSPS) is 20.6. The highest BCUT2D eigenvalue weighted by atomic mass is 16.5. The Morgan fingerprint density at radius 2 is 1.96 bits per heavy atom. The maximum atomic E-state index is 11.2. The van der Waals surface area contributed by atoms with E-state index in [1.165, 1.54) is 0 Å². The molecule has 0 aromatic carbocycles. The van der Waals surface area contributed by atoms with Gasteiger partial charge in [-0.05, 0) is 63.8 Å². The Labute approximate surface area is 152 Å². The van der Waals surface area contributed by atoms with Crippen LogP contribution in [0.1, 0.15) is 47.0 Å². The second-order valence-corrected chi connectivity index (χ2v) is 7.00. The molecule has 0 amide bonds. The maximum Gasteiger partial charge on any atom is 0.152 e. The van der Waals surface area contributed by atoms with Crippen molar-refractivity contribution in [3.05, 3.63) is 59.4 Å². The Hall–Kier alpha value is -1.87. The van der Waals surface area contributed by atoms with E-state index in [-0.39, 0.29) is 5.78 Å². The van der Waals surface area contributed by atoms with E-state index >= 15 is 0 Å². The quantitative estimate of drug-likeness (QED) is 0.516. The molecule has 1 saturated heterocycles. The molecule has 25 heavy (non-hydrogen) atoms. The standard InChI is InChI=1S/C22H31NO2/c1-5-19(10-9-18(4)24)20-7-6-8-21(12-11-20)25-22-13-15-23(16-14-22)17(2)3/h5-7,9-12,17,22H,8,13-16H2,1-4H3/b10-9-,19-5+. The molecule has 0 bridgehead atoms. The summed E-state index contributed by atoms with van der Waals surface area (Å²) in [6.45, 7) is 10.3. The van der Waals surface area contributed by atoms with Crippen LogP contribution in [0.15, 0.2) is 59.4 Å². The van der Waals surface area contributed by atoms with E-state index in [2.05, 4.69) is 43.1 Å². The molecule has 1 aliphatic carbocycles. The van der Waals surface area contributed by atoms with Crippen LogP contribution in [0, 0.1) is 0 Å². The lowest BCUT2D eigenvalue weighted by atomic mass is 10.0. The van der Waals surface area contributed by atoms with Gasteiger partial charge in [-0.2, -0.15) is 0 Å². The van der Waals surface area contributed by atoms with Crippen LogP contribution in [0.2, 0.25) is 0 Å². The van der Waals surface area contributed by atoms with Crippen molar-refractivity contribution in [1.82, 2.24) is 4.90 Å². The lowest BCUT2D eigenvalue weighted by Crippen LogP contribution is -2.40. The van der Waals surface area contributed by atoms with Gasteiger partial charge in [0.05, 0.1) is 0 Å². The SMILES string of the molecule is C/C=C(\C=C/C(C)=O)C1=CC=C(OC2CCN(C(C)C)CC2)CC=C1. The number of carbonyl (C=O) groups is 1. The van der Waals surface area contributed by atoms with Gasteiger partial charge < -0.3 is 9.64 Å². The number of allylic oxidation sites excluding steroid dienone is 9. The first kappa shape index (κ1) is 19.5. The second-order valence-electron chi connectivity index (χ2n) is 7.00. The first-order valence-electron chi connectivity index (χ1n) is 9.33. The molecule has 1 heterocycles. The average molecular weight is 341 g/mol. The third-order valence-corrected chi connectivity index (χ3v) is 4.73. The largest absolute Gasteiger partial charge is 0.494 e. The molecule has 3 nitrogen and oxygen atoms in total. The molecule has 3 heteroatoms. The van der Waals surface area contributed by atoms with E-state index in [1.807, 2.05) is 19.1 Å². The Bertz CT molecular complexity index is 612. The third-order valence-electron chi connectivity index (χ3n) is 4.73. The molecular formula is C22H31NO2. The first-order valence-corrected chi connectivity index (χ1v) is 9.33. The average Bonchev–Trinajstić information content (AvgIpc) is 2.81. The summed E-state index contributed by atoms with van der Waals surface area (Å²) < 4.78 is 6.25. The smallest absolute Gasteiger partial charge is 0.152 e. The Balaban J connectivity index is 1.98. The van der Waals surface area contributed by atoms with E-state index in [1.54, 1.807) is 13.0 Å². The van der Waals surface area contributed by atoms with Crippen molar-refractivity contribution in [2.75, 3.05) is 13.1 Å². The molecule has 2 rings (SSSR count). The van der Waals surface area contributed by atoms with Crippen molar-refractivity contribution in [1.29, 1.82) is 0 Å². The van der Waals surface area contributed by atoms with Crippen molar-refractivity contribution in [2.24, 2.45) is 0 Å². The lowest BCUT2D eigenvalue weighted by Gasteiger charge is -2.34. The van der Waals surface area contributed by atoms with Crippen molar-refractivity contribution < 1.29 is 9.53 Å². The van der Waals surface area contributed by atoms with Crippen LogP contribution in [-0.4, -0.2) is 35.9 Å². The maximum absolute atomic E-state index is 11.2. The molecule has 0 N–H and O–H groups in total. The van der Waals surface area contributed by atoms with Gasteiger partial charge in [-0.1, -0.05) is 30.4 Å². The number of piperidine rings is 1. The van der Waals surface area contributed by atoms with Gasteiger partial charge in [-0.25, -0.2) is 0 Å². The van der Waals surface area contributed by atoms with Gasteiger partial charge in [-0.15, -0.1) is 0 Å². The van der Waals surface area contributed by atoms with Gasteiger partial charge in [0.1, 0.15) is 11.9 Å². The van der Waals surface area contributed by atoms with E-state index in [0.717, 1.165) is 49.3 Å². The van der Waals surface area contributed by atoms with Gasteiger partial charge in [0.25, 0.3) is 0 Å². The molecule has 0 aromatic heterocycles. The van der Waals surface area contributed by atoms with Gasteiger partial charge >= 0.3 is 0 Å². The van der Waals surface area contributed by atoms with Crippen LogP contribution in [0.25, 0.3) is 0 Å². The van der Waals surface area contributed by atoms with E-state index in [9.17, 15) is 4.79 Å². The fourth-order valence-corrected chi connectivity index (χ4v) is 3.18. The molecule has 0 saturated carbocycles. The zero-order valence-electron chi connectivity index (χ0n) is 16.0. The van der Waals surface area contributed by atoms with E-state index < -0.39 is 0 Å². The van der Waals surface area contributed by atoms with Crippen LogP contribution < -0.4 is 0 Å². The summed E-state index contributed by atoms with van der Waals surface area (Å²) in [6, 6.07) is 0.619. The number of nitrogens with zero attached hydrogens (tertiary/aromatic N) is 1. The Morgan fingerprint density at radius 1 is 1.24 bits per heavy atom. The van der Waals surface area contributed by atoms with Crippen molar-refractivity contribution in [3.63, 3.8) is 0 Å². The van der Waals surface area contributed by atoms with Crippen molar-refractivity contribution >= 4 is 5.78 Å². The summed E-state index contributed by atoms with van der Waals surface area (Å²) in [4.78, 5) is 13.7. The molecule has 1 fully saturated rings. The molecule has 136 valence electrons. The van der Waals surface area contributed by atoms with Crippen LogP contribution >= 0.6 is 0 Å². The number of hydrogen-bond donors (Lipinski definition) is 0. The zero-order chi connectivity index (χ0) is 18.2. The molecule has 1 aliphatic heterocycles. The molecule has 0 spiro atoms. The van der Waals surface area contributed by atoms with E-state index in [4.69, 9.17) is 4.74 Å². The molecule has 2 aliphatic rings. The van der Waals surface area contributed by atoms with Crippen LogP contribution in [-0.2, 0) is 9.53 Å². The minimum atomic E-state index is 0.0601. The topological polar surface area (TPSA) is 29.5 Å². The zero-order valence-corrected chi connectivity index (χ0v) is 16.0. The number of ketones is 1. The van der Waals surface area contributed by atoms with Gasteiger partial charge in [-0.3, -0.25) is 4.79 Å². The summed E-state index contributed by atoms with van der Waals surface area (Å²) >= 11 is 0. The van der Waals surface area contributed by atoms with Crippen molar-refractivity contribution in [2.45, 2.75) is 59.1 Å². The van der Waals surface area contributed by atoms with Crippen LogP contribution in [0.3, 0.4) is 0 Å². The Morgan fingerprint density at radius 3 is 2.56 bits per heavy atom. The second kappa shape index (κ2) is 9.57. The van der Waals surface area contributed by atoms with Gasteiger partial charge in [0.15, 0.2) is 5.78 Å². The molecular weight excluding hydrogens is 310 g/mol. The fraction of sp³-hybridized carbons (Fsp3) is 0.500. The predicted molar refractivity (Wildman–Crippen MR) is 104 cm³/mol. The number of carbonyl (C=O) groups excluding carboxylic acids is 1. The highest BCUT2D eigenvalue weighted by Gasteiger charge is 2.22. The highest BCUT2D eigenvalue weighted by molar-refractivity contribution is 5.88. The third kappa shape index (κ3) is 6.17. The molecule has 0 aromatic rings. The molecule has 0 radical (unpaired) electrons. The summed E-state index contributed by atoms with van der Waals surface area (Å²) in [7, 11) is 0. The Kier molecular flexibility index (Phi) is 7.45. The van der Waals surface area contributed by atoms with Gasteiger partial charge in [0.2, 0.25) is 0 Å². The summed E-state index contributed by atoms with van der Waals surface area (Å²) in [5.74, 6) is 1.09. The van der Waals surface area contributed by atoms with E-state index in [0.29, 0.717) is 12.1 Å². The first-order chi connectivity index (χ1) is 12.0. The fourth-order valence-electron chi connectivity index (χ4n) is 3.18.